The first-order valence-electron chi connectivity index (χ1n) is 7.60. The number of halogens is 2. The van der Waals surface area contributed by atoms with Crippen molar-refractivity contribution in [2.75, 3.05) is 0 Å². The topological polar surface area (TPSA) is 4.93 Å². The molecular formula is C20H19F2N. The zero-order valence-corrected chi connectivity index (χ0v) is 13.7. The zero-order valence-electron chi connectivity index (χ0n) is 13.7. The van der Waals surface area contributed by atoms with E-state index < -0.39 is 11.6 Å². The molecule has 0 fully saturated rings. The maximum absolute atomic E-state index is 13.9. The molecule has 1 aromatic heterocycles. The monoisotopic (exact) mass is 311 g/mol. The molecule has 23 heavy (non-hydrogen) atoms. The second-order valence-electron chi connectivity index (χ2n) is 6.02. The van der Waals surface area contributed by atoms with Gasteiger partial charge in [-0.05, 0) is 80.8 Å². The first-order valence-corrected chi connectivity index (χ1v) is 7.60. The van der Waals surface area contributed by atoms with Crippen molar-refractivity contribution in [3.8, 4) is 16.8 Å². The molecule has 2 aromatic carbocycles. The van der Waals surface area contributed by atoms with Crippen molar-refractivity contribution in [3.05, 3.63) is 76.6 Å². The fourth-order valence-corrected chi connectivity index (χ4v) is 2.94. The largest absolute Gasteiger partial charge is 0.319 e. The first kappa shape index (κ1) is 15.5. The molecule has 0 bridgehead atoms. The van der Waals surface area contributed by atoms with Crippen molar-refractivity contribution in [1.29, 1.82) is 0 Å². The van der Waals surface area contributed by atoms with Gasteiger partial charge in [-0.25, -0.2) is 8.78 Å². The van der Waals surface area contributed by atoms with Crippen molar-refractivity contribution >= 4 is 0 Å². The van der Waals surface area contributed by atoms with E-state index in [9.17, 15) is 8.78 Å². The van der Waals surface area contributed by atoms with Crippen LogP contribution >= 0.6 is 0 Å². The van der Waals surface area contributed by atoms with Gasteiger partial charge in [-0.1, -0.05) is 6.07 Å². The van der Waals surface area contributed by atoms with Crippen molar-refractivity contribution in [1.82, 2.24) is 4.57 Å². The molecule has 0 aliphatic heterocycles. The van der Waals surface area contributed by atoms with Crippen LogP contribution in [0.3, 0.4) is 0 Å². The van der Waals surface area contributed by atoms with E-state index in [1.54, 1.807) is 0 Å². The Morgan fingerprint density at radius 2 is 1.30 bits per heavy atom. The van der Waals surface area contributed by atoms with E-state index in [0.717, 1.165) is 28.2 Å². The number of nitrogens with zero attached hydrogens (tertiary/aromatic N) is 1. The van der Waals surface area contributed by atoms with Gasteiger partial charge in [0.25, 0.3) is 0 Å². The summed E-state index contributed by atoms with van der Waals surface area (Å²) in [6.07, 6.45) is 0. The van der Waals surface area contributed by atoms with E-state index in [1.165, 1.54) is 19.1 Å². The summed E-state index contributed by atoms with van der Waals surface area (Å²) in [7, 11) is 0. The summed E-state index contributed by atoms with van der Waals surface area (Å²) in [4.78, 5) is 0. The molecule has 0 aliphatic rings. The molecule has 1 nitrogen and oxygen atoms in total. The molecule has 118 valence electrons. The lowest BCUT2D eigenvalue weighted by Gasteiger charge is -2.14. The number of aromatic nitrogens is 1. The highest BCUT2D eigenvalue weighted by Crippen LogP contribution is 2.29. The van der Waals surface area contributed by atoms with Crippen LogP contribution in [0, 0.1) is 39.3 Å². The van der Waals surface area contributed by atoms with Gasteiger partial charge < -0.3 is 4.57 Å². The second-order valence-corrected chi connectivity index (χ2v) is 6.02. The maximum atomic E-state index is 13.9. The highest BCUT2D eigenvalue weighted by molar-refractivity contribution is 5.70. The van der Waals surface area contributed by atoms with E-state index in [0.29, 0.717) is 5.56 Å². The van der Waals surface area contributed by atoms with Crippen LogP contribution in [0.4, 0.5) is 8.78 Å². The van der Waals surface area contributed by atoms with Crippen molar-refractivity contribution in [3.63, 3.8) is 0 Å². The summed E-state index contributed by atoms with van der Waals surface area (Å²) >= 11 is 0. The van der Waals surface area contributed by atoms with Gasteiger partial charge in [0.1, 0.15) is 11.6 Å². The summed E-state index contributed by atoms with van der Waals surface area (Å²) in [6, 6.07) is 12.9. The Kier molecular flexibility index (Phi) is 3.80. The number of aryl methyl sites for hydroxylation is 3. The minimum Gasteiger partial charge on any atom is -0.319 e. The molecule has 0 spiro atoms. The Hall–Kier alpha value is -2.42. The average molecular weight is 311 g/mol. The number of rotatable bonds is 2. The lowest BCUT2D eigenvalue weighted by atomic mass is 9.98. The molecule has 0 radical (unpaired) electrons. The molecule has 3 rings (SSSR count). The van der Waals surface area contributed by atoms with Crippen LogP contribution in [0.15, 0.2) is 42.5 Å². The summed E-state index contributed by atoms with van der Waals surface area (Å²) in [5, 5.41) is 0. The Bertz CT molecular complexity index is 848. The lowest BCUT2D eigenvalue weighted by molar-refractivity contribution is 0.569. The second kappa shape index (κ2) is 5.65. The normalized spacial score (nSPS) is 11.0. The molecule has 0 atom stereocenters. The van der Waals surface area contributed by atoms with Crippen LogP contribution in [-0.2, 0) is 0 Å². The number of hydrogen-bond donors (Lipinski definition) is 0. The molecule has 3 aromatic rings. The summed E-state index contributed by atoms with van der Waals surface area (Å²) in [6.45, 7) is 7.48. The molecular weight excluding hydrogens is 292 g/mol. The third-order valence-electron chi connectivity index (χ3n) is 4.34. The fourth-order valence-electron chi connectivity index (χ4n) is 2.94. The predicted octanol–water partition coefficient (Wildman–Crippen LogP) is 5.66. The molecule has 0 saturated carbocycles. The highest BCUT2D eigenvalue weighted by atomic mass is 19.1. The molecule has 3 heteroatoms. The van der Waals surface area contributed by atoms with Crippen LogP contribution in [0.2, 0.25) is 0 Å². The van der Waals surface area contributed by atoms with Crippen LogP contribution in [0.5, 0.6) is 0 Å². The summed E-state index contributed by atoms with van der Waals surface area (Å²) in [5.74, 6) is -1.03. The average Bonchev–Trinajstić information content (AvgIpc) is 2.84. The minimum absolute atomic E-state index is 0.0552. The maximum Gasteiger partial charge on any atom is 0.129 e. The van der Waals surface area contributed by atoms with Gasteiger partial charge in [-0.3, -0.25) is 0 Å². The van der Waals surface area contributed by atoms with Crippen molar-refractivity contribution in [2.24, 2.45) is 0 Å². The van der Waals surface area contributed by atoms with Gasteiger partial charge in [0, 0.05) is 22.6 Å². The van der Waals surface area contributed by atoms with Gasteiger partial charge in [0.05, 0.1) is 0 Å². The van der Waals surface area contributed by atoms with Crippen LogP contribution < -0.4 is 0 Å². The third-order valence-corrected chi connectivity index (χ3v) is 4.34. The van der Waals surface area contributed by atoms with E-state index in [1.807, 2.05) is 39.0 Å². The minimum atomic E-state index is -0.516. The SMILES string of the molecule is Cc1ccc(-n2c(C)ccc2C)cc1-c1cc(F)c(C)c(F)c1. The molecule has 1 heterocycles. The van der Waals surface area contributed by atoms with E-state index in [-0.39, 0.29) is 5.56 Å². The molecule has 0 N–H and O–H groups in total. The van der Waals surface area contributed by atoms with Crippen LogP contribution in [0.1, 0.15) is 22.5 Å². The standard InChI is InChI=1S/C20H19F2N/c1-12-5-8-17(23-13(2)6-7-14(23)3)11-18(12)16-9-19(21)15(4)20(22)10-16/h5-11H,1-4H3. The molecule has 0 aliphatic carbocycles. The Labute approximate surface area is 135 Å². The molecule has 0 saturated heterocycles. The van der Waals surface area contributed by atoms with Crippen molar-refractivity contribution < 1.29 is 8.78 Å². The zero-order chi connectivity index (χ0) is 16.7. The van der Waals surface area contributed by atoms with Gasteiger partial charge in [0.15, 0.2) is 0 Å². The summed E-state index contributed by atoms with van der Waals surface area (Å²) in [5.41, 5.74) is 5.68. The van der Waals surface area contributed by atoms with E-state index in [2.05, 4.69) is 16.7 Å². The first-order chi connectivity index (χ1) is 10.9. The van der Waals surface area contributed by atoms with Gasteiger partial charge in [-0.15, -0.1) is 0 Å². The van der Waals surface area contributed by atoms with E-state index in [4.69, 9.17) is 0 Å². The smallest absolute Gasteiger partial charge is 0.129 e. The van der Waals surface area contributed by atoms with E-state index >= 15 is 0 Å². The molecule has 0 amide bonds. The number of benzene rings is 2. The Morgan fingerprint density at radius 3 is 1.87 bits per heavy atom. The van der Waals surface area contributed by atoms with Gasteiger partial charge >= 0.3 is 0 Å². The van der Waals surface area contributed by atoms with Crippen molar-refractivity contribution in [2.45, 2.75) is 27.7 Å². The quantitative estimate of drug-likeness (QED) is 0.576. The summed E-state index contributed by atoms with van der Waals surface area (Å²) < 4.78 is 30.0. The lowest BCUT2D eigenvalue weighted by Crippen LogP contribution is -2.00. The van der Waals surface area contributed by atoms with Crippen LogP contribution in [-0.4, -0.2) is 4.57 Å². The van der Waals surface area contributed by atoms with Gasteiger partial charge in [0.2, 0.25) is 0 Å². The fraction of sp³-hybridized carbons (Fsp3) is 0.200. The Balaban J connectivity index is 2.20. The predicted molar refractivity (Wildman–Crippen MR) is 90.1 cm³/mol. The molecule has 0 unspecified atom stereocenters. The number of hydrogen-bond acceptors (Lipinski definition) is 0. The van der Waals surface area contributed by atoms with Gasteiger partial charge in [-0.2, -0.15) is 0 Å². The van der Waals surface area contributed by atoms with Crippen LogP contribution in [0.25, 0.3) is 16.8 Å². The Morgan fingerprint density at radius 1 is 0.739 bits per heavy atom. The third kappa shape index (κ3) is 2.67. The highest BCUT2D eigenvalue weighted by Gasteiger charge is 2.12.